The molecule has 0 radical (unpaired) electrons. The minimum Gasteiger partial charge on any atom is -0.459 e. The van der Waals surface area contributed by atoms with Crippen molar-refractivity contribution in [1.82, 2.24) is 0 Å². The number of ether oxygens (including phenoxy) is 2. The minimum absolute atomic E-state index is 0.0749. The molecule has 1 rings (SSSR count). The molecule has 0 spiro atoms. The van der Waals surface area contributed by atoms with E-state index in [1.165, 1.54) is 24.3 Å². The Morgan fingerprint density at radius 3 is 1.79 bits per heavy atom. The number of rotatable bonds is 5. The van der Waals surface area contributed by atoms with Gasteiger partial charge in [-0.3, -0.25) is 0 Å². The molecule has 0 saturated carbocycles. The Kier molecular flexibility index (Phi) is 5.82. The summed E-state index contributed by atoms with van der Waals surface area (Å²) in [5.74, 6) is -3.88. The van der Waals surface area contributed by atoms with Gasteiger partial charge in [0.1, 0.15) is 13.2 Å². The van der Waals surface area contributed by atoms with E-state index < -0.39 is 43.1 Å². The lowest BCUT2D eigenvalue weighted by Crippen LogP contribution is -2.63. The van der Waals surface area contributed by atoms with E-state index in [9.17, 15) is 35.9 Å². The van der Waals surface area contributed by atoms with Crippen LogP contribution in [0.2, 0.25) is 0 Å². The monoisotopic (exact) mass is 360 g/mol. The highest BCUT2D eigenvalue weighted by Crippen LogP contribution is 2.43. The molecule has 0 aliphatic heterocycles. The molecule has 0 fully saturated rings. The molecule has 0 heterocycles. The molecule has 24 heavy (non-hydrogen) atoms. The van der Waals surface area contributed by atoms with Crippen LogP contribution in [-0.4, -0.2) is 48.2 Å². The third kappa shape index (κ3) is 4.16. The molecule has 0 unspecified atom stereocenters. The third-order valence-electron chi connectivity index (χ3n) is 2.68. The summed E-state index contributed by atoms with van der Waals surface area (Å²) in [6, 6.07) is 7.27. The molecule has 0 aliphatic carbocycles. The number of carbonyl (C=O) groups excluding carboxylic acids is 2. The number of carbonyl (C=O) groups is 2. The van der Waals surface area contributed by atoms with Crippen LogP contribution < -0.4 is 0 Å². The minimum atomic E-state index is -6.33. The molecule has 0 aliphatic rings. The second-order valence-electron chi connectivity index (χ2n) is 4.34. The molecule has 0 amide bonds. The molecule has 1 aromatic rings. The van der Waals surface area contributed by atoms with Crippen LogP contribution in [0.5, 0.6) is 0 Å². The van der Waals surface area contributed by atoms with Crippen molar-refractivity contribution >= 4 is 11.9 Å². The van der Waals surface area contributed by atoms with Gasteiger partial charge in [0.2, 0.25) is 0 Å². The highest BCUT2D eigenvalue weighted by Gasteiger charge is 2.76. The van der Waals surface area contributed by atoms with E-state index in [1.807, 2.05) is 0 Å². The van der Waals surface area contributed by atoms with Crippen LogP contribution in [0.4, 0.5) is 26.3 Å². The number of hydrogen-bond donors (Lipinski definition) is 1. The molecule has 0 bridgehead atoms. The molecule has 0 aromatic heterocycles. The quantitative estimate of drug-likeness (QED) is 0.495. The number of benzene rings is 1. The first-order chi connectivity index (χ1) is 10.9. The van der Waals surface area contributed by atoms with Crippen molar-refractivity contribution < 1.29 is 50.5 Å². The molecule has 134 valence electrons. The lowest BCUT2D eigenvalue weighted by Gasteiger charge is -2.29. The van der Waals surface area contributed by atoms with E-state index in [0.717, 1.165) is 0 Å². The van der Waals surface area contributed by atoms with Gasteiger partial charge in [-0.1, -0.05) is 18.2 Å². The average Bonchev–Trinajstić information content (AvgIpc) is 2.48. The largest absolute Gasteiger partial charge is 0.459 e. The zero-order valence-corrected chi connectivity index (χ0v) is 11.6. The van der Waals surface area contributed by atoms with Crippen molar-refractivity contribution in [3.63, 3.8) is 0 Å². The van der Waals surface area contributed by atoms with E-state index in [0.29, 0.717) is 0 Å². The van der Waals surface area contributed by atoms with E-state index in [1.54, 1.807) is 6.07 Å². The average molecular weight is 360 g/mol. The predicted octanol–water partition coefficient (Wildman–Crippen LogP) is 2.24. The summed E-state index contributed by atoms with van der Waals surface area (Å²) in [5, 5.41) is 8.71. The number of halogens is 6. The van der Waals surface area contributed by atoms with Crippen LogP contribution in [0.1, 0.15) is 10.4 Å². The summed E-state index contributed by atoms with van der Waals surface area (Å²) in [4.78, 5) is 22.5. The van der Waals surface area contributed by atoms with Gasteiger partial charge in [-0.05, 0) is 12.1 Å². The Morgan fingerprint density at radius 1 is 0.875 bits per heavy atom. The first kappa shape index (κ1) is 19.7. The first-order valence-corrected chi connectivity index (χ1v) is 6.16. The van der Waals surface area contributed by atoms with E-state index in [4.69, 9.17) is 5.11 Å². The zero-order valence-electron chi connectivity index (χ0n) is 11.6. The fourth-order valence-corrected chi connectivity index (χ4v) is 1.42. The standard InChI is InChI=1S/C13H10F6O5/c14-12(15,16)11(22,13(17,18)19)10(21)24-7-6-23-9(20)8-4-2-1-3-5-8/h1-5,22H,6-7H2. The van der Waals surface area contributed by atoms with Gasteiger partial charge in [0.05, 0.1) is 5.56 Å². The number of aliphatic hydroxyl groups is 1. The van der Waals surface area contributed by atoms with Gasteiger partial charge in [0.15, 0.2) is 0 Å². The highest BCUT2D eigenvalue weighted by atomic mass is 19.4. The van der Waals surface area contributed by atoms with Crippen molar-refractivity contribution in [2.24, 2.45) is 0 Å². The van der Waals surface area contributed by atoms with E-state index in [2.05, 4.69) is 9.47 Å². The van der Waals surface area contributed by atoms with Gasteiger partial charge in [-0.15, -0.1) is 0 Å². The maximum absolute atomic E-state index is 12.4. The second kappa shape index (κ2) is 7.07. The van der Waals surface area contributed by atoms with E-state index in [-0.39, 0.29) is 5.56 Å². The Balaban J connectivity index is 2.60. The highest BCUT2D eigenvalue weighted by molar-refractivity contribution is 5.89. The number of esters is 2. The smallest absolute Gasteiger partial charge is 0.437 e. The van der Waals surface area contributed by atoms with E-state index >= 15 is 0 Å². The molecule has 11 heteroatoms. The predicted molar refractivity (Wildman–Crippen MR) is 64.7 cm³/mol. The van der Waals surface area contributed by atoms with Gasteiger partial charge >= 0.3 is 29.9 Å². The van der Waals surface area contributed by atoms with Crippen LogP contribution in [0.15, 0.2) is 30.3 Å². The fraction of sp³-hybridized carbons (Fsp3) is 0.385. The van der Waals surface area contributed by atoms with Crippen LogP contribution in [0.25, 0.3) is 0 Å². The topological polar surface area (TPSA) is 72.8 Å². The summed E-state index contributed by atoms with van der Waals surface area (Å²) >= 11 is 0. The summed E-state index contributed by atoms with van der Waals surface area (Å²) in [6.07, 6.45) is -12.7. The zero-order chi connectivity index (χ0) is 18.6. The summed E-state index contributed by atoms with van der Waals surface area (Å²) in [5.41, 5.74) is -5.59. The lowest BCUT2D eigenvalue weighted by molar-refractivity contribution is -0.357. The normalized spacial score (nSPS) is 12.6. The number of hydrogen-bond acceptors (Lipinski definition) is 5. The van der Waals surface area contributed by atoms with Crippen LogP contribution >= 0.6 is 0 Å². The van der Waals surface area contributed by atoms with Gasteiger partial charge < -0.3 is 14.6 Å². The van der Waals surface area contributed by atoms with Crippen LogP contribution in [-0.2, 0) is 14.3 Å². The van der Waals surface area contributed by atoms with Gasteiger partial charge in [0.25, 0.3) is 0 Å². The lowest BCUT2D eigenvalue weighted by atomic mass is 10.0. The van der Waals surface area contributed by atoms with Crippen molar-refractivity contribution in [3.8, 4) is 0 Å². The molecular weight excluding hydrogens is 350 g/mol. The van der Waals surface area contributed by atoms with Crippen molar-refractivity contribution in [3.05, 3.63) is 35.9 Å². The Bertz CT molecular complexity index is 567. The molecule has 1 aromatic carbocycles. The molecule has 5 nitrogen and oxygen atoms in total. The molecule has 0 atom stereocenters. The second-order valence-corrected chi connectivity index (χ2v) is 4.34. The molecule has 0 saturated heterocycles. The Morgan fingerprint density at radius 2 is 1.33 bits per heavy atom. The Labute approximate surface area is 130 Å². The molecule has 1 N–H and O–H groups in total. The van der Waals surface area contributed by atoms with Crippen LogP contribution in [0.3, 0.4) is 0 Å². The molecular formula is C13H10F6O5. The maximum atomic E-state index is 12.4. The SMILES string of the molecule is O=C(OCCOC(=O)C(O)(C(F)(F)F)C(F)(F)F)c1ccccc1. The summed E-state index contributed by atoms with van der Waals surface area (Å²) in [7, 11) is 0. The fourth-order valence-electron chi connectivity index (χ4n) is 1.42. The summed E-state index contributed by atoms with van der Waals surface area (Å²) < 4.78 is 82.4. The maximum Gasteiger partial charge on any atom is 0.437 e. The van der Waals surface area contributed by atoms with Crippen molar-refractivity contribution in [1.29, 1.82) is 0 Å². The van der Waals surface area contributed by atoms with Crippen molar-refractivity contribution in [2.75, 3.05) is 13.2 Å². The van der Waals surface area contributed by atoms with Crippen molar-refractivity contribution in [2.45, 2.75) is 18.0 Å². The van der Waals surface area contributed by atoms with Gasteiger partial charge in [-0.25, -0.2) is 9.59 Å². The number of alkyl halides is 6. The first-order valence-electron chi connectivity index (χ1n) is 6.16. The van der Waals surface area contributed by atoms with Gasteiger partial charge in [0, 0.05) is 0 Å². The van der Waals surface area contributed by atoms with Gasteiger partial charge in [-0.2, -0.15) is 26.3 Å². The van der Waals surface area contributed by atoms with Crippen LogP contribution in [0, 0.1) is 0 Å². The third-order valence-corrected chi connectivity index (χ3v) is 2.68. The summed E-state index contributed by atoms with van der Waals surface area (Å²) in [6.45, 7) is -1.91. The Hall–Kier alpha value is -2.30.